The Labute approximate surface area is 167 Å². The van der Waals surface area contributed by atoms with E-state index in [1.165, 1.54) is 5.56 Å². The minimum atomic E-state index is 0.0467. The van der Waals surface area contributed by atoms with E-state index < -0.39 is 0 Å². The molecule has 1 aromatic carbocycles. The third kappa shape index (κ3) is 7.98. The Kier molecular flexibility index (Phi) is 9.31. The number of hydrogen-bond donors (Lipinski definition) is 3. The fourth-order valence-electron chi connectivity index (χ4n) is 3.51. The number of carbonyl (C=O) groups is 2. The molecule has 0 aromatic heterocycles. The highest BCUT2D eigenvalue weighted by molar-refractivity contribution is 5.79. The highest BCUT2D eigenvalue weighted by Gasteiger charge is 2.30. The van der Waals surface area contributed by atoms with Crippen LogP contribution in [0, 0.1) is 0 Å². The fourth-order valence-corrected chi connectivity index (χ4v) is 3.51. The molecule has 0 saturated carbocycles. The van der Waals surface area contributed by atoms with E-state index in [0.717, 1.165) is 45.1 Å². The van der Waals surface area contributed by atoms with Crippen LogP contribution in [0.1, 0.15) is 50.5 Å². The number of guanidine groups is 1. The molecule has 28 heavy (non-hydrogen) atoms. The largest absolute Gasteiger partial charge is 0.370 e. The zero-order chi connectivity index (χ0) is 20.2. The lowest BCUT2D eigenvalue weighted by atomic mass is 10.1. The number of nitrogens with one attached hydrogen (secondary N) is 1. The number of nitrogens with zero attached hydrogens (tertiary/aromatic N) is 2. The molecule has 0 bridgehead atoms. The van der Waals surface area contributed by atoms with Crippen LogP contribution in [0.25, 0.3) is 0 Å². The van der Waals surface area contributed by atoms with Gasteiger partial charge in [0.1, 0.15) is 0 Å². The summed E-state index contributed by atoms with van der Waals surface area (Å²) in [6, 6.07) is 10.4. The Morgan fingerprint density at radius 2 is 1.93 bits per heavy atom. The van der Waals surface area contributed by atoms with Crippen LogP contribution in [0.5, 0.6) is 0 Å². The van der Waals surface area contributed by atoms with Gasteiger partial charge in [-0.3, -0.25) is 14.6 Å². The smallest absolute Gasteiger partial charge is 0.222 e. The van der Waals surface area contributed by atoms with Gasteiger partial charge in [0.15, 0.2) is 5.96 Å². The van der Waals surface area contributed by atoms with Gasteiger partial charge in [0.2, 0.25) is 11.8 Å². The molecule has 1 saturated heterocycles. The first kappa shape index (κ1) is 21.7. The van der Waals surface area contributed by atoms with Gasteiger partial charge in [-0.1, -0.05) is 36.8 Å². The number of aliphatic imine (C=N–C) groups is 1. The average Bonchev–Trinajstić information content (AvgIpc) is 3.03. The molecule has 5 N–H and O–H groups in total. The molecule has 0 radical (unpaired) electrons. The van der Waals surface area contributed by atoms with E-state index in [0.29, 0.717) is 25.9 Å². The van der Waals surface area contributed by atoms with E-state index >= 15 is 0 Å². The lowest BCUT2D eigenvalue weighted by Gasteiger charge is -2.25. The summed E-state index contributed by atoms with van der Waals surface area (Å²) in [5.74, 6) is 0.356. The molecular weight excluding hydrogens is 354 g/mol. The van der Waals surface area contributed by atoms with E-state index in [1.807, 2.05) is 23.1 Å². The predicted molar refractivity (Wildman–Crippen MR) is 112 cm³/mol. The first-order valence-electron chi connectivity index (χ1n) is 10.2. The van der Waals surface area contributed by atoms with Crippen LogP contribution in [0.4, 0.5) is 0 Å². The predicted octanol–water partition coefficient (Wildman–Crippen LogP) is 1.56. The zero-order valence-electron chi connectivity index (χ0n) is 16.6. The summed E-state index contributed by atoms with van der Waals surface area (Å²) in [4.78, 5) is 30.1. The van der Waals surface area contributed by atoms with Crippen LogP contribution < -0.4 is 16.8 Å². The molecular formula is C21H33N5O2. The normalized spacial score (nSPS) is 16.2. The maximum Gasteiger partial charge on any atom is 0.222 e. The van der Waals surface area contributed by atoms with Crippen LogP contribution in [0.2, 0.25) is 0 Å². The molecule has 1 fully saturated rings. The Bertz CT molecular complexity index is 643. The Morgan fingerprint density at radius 3 is 2.68 bits per heavy atom. The van der Waals surface area contributed by atoms with Gasteiger partial charge in [-0.2, -0.15) is 0 Å². The number of aryl methyl sites for hydroxylation is 1. The minimum Gasteiger partial charge on any atom is -0.370 e. The van der Waals surface area contributed by atoms with Gasteiger partial charge in [-0.25, -0.2) is 0 Å². The fraction of sp³-hybridized carbons (Fsp3) is 0.571. The molecule has 1 atom stereocenters. The van der Waals surface area contributed by atoms with E-state index in [9.17, 15) is 9.59 Å². The molecule has 7 nitrogen and oxygen atoms in total. The third-order valence-corrected chi connectivity index (χ3v) is 5.05. The van der Waals surface area contributed by atoms with Crippen LogP contribution in [0.3, 0.4) is 0 Å². The monoisotopic (exact) mass is 387 g/mol. The van der Waals surface area contributed by atoms with Crippen molar-refractivity contribution in [2.24, 2.45) is 16.5 Å². The molecule has 2 rings (SSSR count). The number of carbonyl (C=O) groups excluding carboxylic acids is 2. The summed E-state index contributed by atoms with van der Waals surface area (Å²) in [6.45, 7) is 1.90. The van der Waals surface area contributed by atoms with E-state index in [4.69, 9.17) is 11.5 Å². The van der Waals surface area contributed by atoms with Crippen LogP contribution >= 0.6 is 0 Å². The summed E-state index contributed by atoms with van der Waals surface area (Å²) < 4.78 is 0. The summed E-state index contributed by atoms with van der Waals surface area (Å²) >= 11 is 0. The third-order valence-electron chi connectivity index (χ3n) is 5.05. The standard InChI is InChI=1S/C21H33N5O2/c22-21(23)24-14-6-2-5-11-19(27)25-16-18-12-13-20(28)26(18)15-7-10-17-8-3-1-4-9-17/h1,3-4,8-9,18H,2,5-7,10-16H2,(H,25,27)(H4,22,23,24). The number of nitrogens with two attached hydrogens (primary N) is 2. The quantitative estimate of drug-likeness (QED) is 0.287. The molecule has 1 aliphatic heterocycles. The van der Waals surface area contributed by atoms with Gasteiger partial charge in [-0.15, -0.1) is 0 Å². The summed E-state index contributed by atoms with van der Waals surface area (Å²) in [5, 5.41) is 2.99. The van der Waals surface area contributed by atoms with Crippen molar-refractivity contribution in [1.29, 1.82) is 0 Å². The van der Waals surface area contributed by atoms with Crippen LogP contribution in [-0.4, -0.2) is 48.3 Å². The van der Waals surface area contributed by atoms with Gasteiger partial charge in [0.25, 0.3) is 0 Å². The lowest BCUT2D eigenvalue weighted by molar-refractivity contribution is -0.129. The molecule has 1 unspecified atom stereocenters. The first-order chi connectivity index (χ1) is 13.6. The number of amides is 2. The van der Waals surface area contributed by atoms with Crippen molar-refractivity contribution in [3.8, 4) is 0 Å². The van der Waals surface area contributed by atoms with Crippen molar-refractivity contribution >= 4 is 17.8 Å². The topological polar surface area (TPSA) is 114 Å². The number of rotatable bonds is 12. The lowest BCUT2D eigenvalue weighted by Crippen LogP contribution is -2.42. The maximum atomic E-state index is 12.2. The number of hydrogen-bond acceptors (Lipinski definition) is 3. The van der Waals surface area contributed by atoms with E-state index in [1.54, 1.807) is 0 Å². The van der Waals surface area contributed by atoms with Crippen molar-refractivity contribution in [2.75, 3.05) is 19.6 Å². The van der Waals surface area contributed by atoms with Crippen LogP contribution in [-0.2, 0) is 16.0 Å². The van der Waals surface area contributed by atoms with Crippen molar-refractivity contribution < 1.29 is 9.59 Å². The average molecular weight is 388 g/mol. The molecule has 1 aromatic rings. The SMILES string of the molecule is NC(N)=NCCCCCC(=O)NCC1CCC(=O)N1CCCc1ccccc1. The molecule has 1 aliphatic rings. The second-order valence-electron chi connectivity index (χ2n) is 7.29. The van der Waals surface area contributed by atoms with Crippen LogP contribution in [0.15, 0.2) is 35.3 Å². The first-order valence-corrected chi connectivity index (χ1v) is 10.2. The minimum absolute atomic E-state index is 0.0467. The Hall–Kier alpha value is -2.57. The number of likely N-dealkylation sites (tertiary alicyclic amines) is 1. The van der Waals surface area contributed by atoms with Gasteiger partial charge in [0.05, 0.1) is 0 Å². The second-order valence-corrected chi connectivity index (χ2v) is 7.29. The molecule has 2 amide bonds. The summed E-state index contributed by atoms with van der Waals surface area (Å²) in [6.07, 6.45) is 6.40. The van der Waals surface area contributed by atoms with Gasteiger partial charge >= 0.3 is 0 Å². The number of unbranched alkanes of at least 4 members (excludes halogenated alkanes) is 2. The van der Waals surface area contributed by atoms with Crippen molar-refractivity contribution in [2.45, 2.75) is 57.4 Å². The van der Waals surface area contributed by atoms with Crippen molar-refractivity contribution in [3.63, 3.8) is 0 Å². The van der Waals surface area contributed by atoms with Gasteiger partial charge in [-0.05, 0) is 37.7 Å². The highest BCUT2D eigenvalue weighted by atomic mass is 16.2. The number of benzene rings is 1. The van der Waals surface area contributed by atoms with Gasteiger partial charge < -0.3 is 21.7 Å². The van der Waals surface area contributed by atoms with E-state index in [2.05, 4.69) is 22.4 Å². The molecule has 1 heterocycles. The van der Waals surface area contributed by atoms with Crippen molar-refractivity contribution in [3.05, 3.63) is 35.9 Å². The summed E-state index contributed by atoms with van der Waals surface area (Å²) in [7, 11) is 0. The van der Waals surface area contributed by atoms with Gasteiger partial charge in [0, 0.05) is 38.5 Å². The highest BCUT2D eigenvalue weighted by Crippen LogP contribution is 2.19. The maximum absolute atomic E-state index is 12.2. The Morgan fingerprint density at radius 1 is 1.14 bits per heavy atom. The molecule has 154 valence electrons. The molecule has 0 aliphatic carbocycles. The van der Waals surface area contributed by atoms with Crippen molar-refractivity contribution in [1.82, 2.24) is 10.2 Å². The second kappa shape index (κ2) is 12.0. The Balaban J connectivity index is 1.62. The molecule has 7 heteroatoms. The molecule has 0 spiro atoms. The summed E-state index contributed by atoms with van der Waals surface area (Å²) in [5.41, 5.74) is 11.8. The van der Waals surface area contributed by atoms with E-state index in [-0.39, 0.29) is 23.8 Å². The zero-order valence-corrected chi connectivity index (χ0v) is 16.6.